The van der Waals surface area contributed by atoms with Gasteiger partial charge in [0, 0.05) is 11.1 Å². The second kappa shape index (κ2) is 13.2. The Bertz CT molecular complexity index is 820. The maximum Gasteiger partial charge on any atom is 0.0249 e. The third-order valence-corrected chi connectivity index (χ3v) is 6.98. The highest BCUT2D eigenvalue weighted by molar-refractivity contribution is 5.50. The van der Waals surface area contributed by atoms with E-state index >= 15 is 0 Å². The number of hydrogen-bond donors (Lipinski definition) is 0. The molecule has 0 heterocycles. The van der Waals surface area contributed by atoms with E-state index < -0.39 is 0 Å². The first-order valence-corrected chi connectivity index (χ1v) is 12.6. The fourth-order valence-electron chi connectivity index (χ4n) is 4.82. The molecule has 1 aliphatic rings. The Kier molecular flexibility index (Phi) is 9.98. The van der Waals surface area contributed by atoms with Gasteiger partial charge in [-0.25, -0.2) is 0 Å². The number of hydrogen-bond acceptors (Lipinski definition) is 0. The van der Waals surface area contributed by atoms with E-state index in [1.807, 2.05) is 6.08 Å². The Morgan fingerprint density at radius 2 is 1.29 bits per heavy atom. The summed E-state index contributed by atoms with van der Waals surface area (Å²) in [4.78, 5) is 0. The van der Waals surface area contributed by atoms with Gasteiger partial charge in [0.05, 0.1) is 0 Å². The lowest BCUT2D eigenvalue weighted by Crippen LogP contribution is -2.15. The van der Waals surface area contributed by atoms with Gasteiger partial charge in [-0.1, -0.05) is 120 Å². The predicted octanol–water partition coefficient (Wildman–Crippen LogP) is 8.83. The zero-order valence-corrected chi connectivity index (χ0v) is 19.5. The third-order valence-electron chi connectivity index (χ3n) is 6.98. The van der Waals surface area contributed by atoms with E-state index in [-0.39, 0.29) is 0 Å². The van der Waals surface area contributed by atoms with Crippen LogP contribution in [0.15, 0.2) is 55.1 Å². The topological polar surface area (TPSA) is 0 Å². The van der Waals surface area contributed by atoms with Crippen LogP contribution in [0.5, 0.6) is 0 Å². The van der Waals surface area contributed by atoms with E-state index in [0.717, 1.165) is 28.5 Å². The highest BCUT2D eigenvalue weighted by Crippen LogP contribution is 2.34. The summed E-state index contributed by atoms with van der Waals surface area (Å²) < 4.78 is 0. The van der Waals surface area contributed by atoms with Crippen LogP contribution in [0, 0.1) is 23.7 Å². The van der Waals surface area contributed by atoms with Gasteiger partial charge in [0.2, 0.25) is 0 Å². The average Bonchev–Trinajstić information content (AvgIpc) is 2.83. The molecule has 0 aromatic heterocycles. The molecule has 31 heavy (non-hydrogen) atoms. The van der Waals surface area contributed by atoms with E-state index in [2.05, 4.69) is 73.9 Å². The molecule has 1 aliphatic carbocycles. The molecule has 0 unspecified atom stereocenters. The molecular formula is C31H40. The van der Waals surface area contributed by atoms with Crippen LogP contribution in [0.25, 0.3) is 6.08 Å². The summed E-state index contributed by atoms with van der Waals surface area (Å²) >= 11 is 0. The Balaban J connectivity index is 1.36. The minimum atomic E-state index is 0.939. The lowest BCUT2D eigenvalue weighted by molar-refractivity contribution is 0.248. The monoisotopic (exact) mass is 412 g/mol. The number of benzene rings is 2. The van der Waals surface area contributed by atoms with Crippen LogP contribution in [0.1, 0.15) is 99.8 Å². The van der Waals surface area contributed by atoms with Crippen molar-refractivity contribution in [3.8, 4) is 11.8 Å². The van der Waals surface area contributed by atoms with Crippen LogP contribution in [0.2, 0.25) is 0 Å². The van der Waals surface area contributed by atoms with E-state index in [0.29, 0.717) is 0 Å². The van der Waals surface area contributed by atoms with Gasteiger partial charge in [-0.3, -0.25) is 0 Å². The zero-order valence-electron chi connectivity index (χ0n) is 19.5. The van der Waals surface area contributed by atoms with Crippen molar-refractivity contribution in [2.75, 3.05) is 0 Å². The summed E-state index contributed by atoms with van der Waals surface area (Å²) in [5.74, 6) is 8.50. The summed E-state index contributed by atoms with van der Waals surface area (Å²) in [5.41, 5.74) is 4.73. The molecule has 0 radical (unpaired) electrons. The molecule has 0 heteroatoms. The molecule has 0 spiro atoms. The van der Waals surface area contributed by atoms with Gasteiger partial charge >= 0.3 is 0 Å². The van der Waals surface area contributed by atoms with Crippen LogP contribution < -0.4 is 0 Å². The van der Waals surface area contributed by atoms with E-state index in [4.69, 9.17) is 0 Å². The Hall–Kier alpha value is -2.26. The van der Waals surface area contributed by atoms with Crippen LogP contribution in [0.3, 0.4) is 0 Å². The van der Waals surface area contributed by atoms with Crippen molar-refractivity contribution in [2.45, 2.75) is 84.0 Å². The lowest BCUT2D eigenvalue weighted by Gasteiger charge is -2.28. The fraction of sp³-hybridized carbons (Fsp3) is 0.484. The van der Waals surface area contributed by atoms with Gasteiger partial charge in [-0.2, -0.15) is 0 Å². The molecule has 1 fully saturated rings. The highest BCUT2D eigenvalue weighted by Gasteiger charge is 2.20. The van der Waals surface area contributed by atoms with Crippen molar-refractivity contribution >= 4 is 6.08 Å². The van der Waals surface area contributed by atoms with Crippen LogP contribution in [-0.2, 0) is 6.42 Å². The van der Waals surface area contributed by atoms with Crippen molar-refractivity contribution in [3.05, 3.63) is 77.4 Å². The molecule has 164 valence electrons. The van der Waals surface area contributed by atoms with Gasteiger partial charge in [-0.05, 0) is 60.1 Å². The van der Waals surface area contributed by atoms with Crippen molar-refractivity contribution in [2.24, 2.45) is 11.8 Å². The SMILES string of the molecule is C=Cc1ccc(C#Cc2ccc(CCC3CCC(CCCCCCC)CC3)cc2)cc1. The quantitative estimate of drug-likeness (QED) is 0.270. The van der Waals surface area contributed by atoms with Crippen molar-refractivity contribution in [3.63, 3.8) is 0 Å². The van der Waals surface area contributed by atoms with Gasteiger partial charge in [0.1, 0.15) is 0 Å². The Morgan fingerprint density at radius 3 is 1.87 bits per heavy atom. The Labute approximate surface area is 191 Å². The zero-order chi connectivity index (χ0) is 21.7. The summed E-state index contributed by atoms with van der Waals surface area (Å²) in [5, 5.41) is 0. The van der Waals surface area contributed by atoms with Crippen molar-refractivity contribution in [1.29, 1.82) is 0 Å². The van der Waals surface area contributed by atoms with Gasteiger partial charge < -0.3 is 0 Å². The molecule has 2 aromatic rings. The highest BCUT2D eigenvalue weighted by atomic mass is 14.3. The Morgan fingerprint density at radius 1 is 0.742 bits per heavy atom. The smallest absolute Gasteiger partial charge is 0.0249 e. The molecule has 0 nitrogen and oxygen atoms in total. The van der Waals surface area contributed by atoms with Gasteiger partial charge in [0.15, 0.2) is 0 Å². The summed E-state index contributed by atoms with van der Waals surface area (Å²) in [6, 6.07) is 17.1. The minimum absolute atomic E-state index is 0.939. The lowest BCUT2D eigenvalue weighted by atomic mass is 9.77. The largest absolute Gasteiger partial charge is 0.0985 e. The second-order valence-electron chi connectivity index (χ2n) is 9.40. The number of aryl methyl sites for hydroxylation is 1. The number of unbranched alkanes of at least 4 members (excludes halogenated alkanes) is 4. The first kappa shape index (κ1) is 23.4. The molecule has 0 aliphatic heterocycles. The molecule has 0 N–H and O–H groups in total. The number of rotatable bonds is 10. The molecule has 0 atom stereocenters. The molecule has 0 saturated heterocycles. The van der Waals surface area contributed by atoms with Crippen LogP contribution >= 0.6 is 0 Å². The first-order valence-electron chi connectivity index (χ1n) is 12.6. The van der Waals surface area contributed by atoms with Gasteiger partial charge in [-0.15, -0.1) is 0 Å². The normalized spacial score (nSPS) is 18.2. The molecular weight excluding hydrogens is 372 g/mol. The van der Waals surface area contributed by atoms with Crippen LogP contribution in [-0.4, -0.2) is 0 Å². The van der Waals surface area contributed by atoms with E-state index in [1.165, 1.54) is 82.6 Å². The van der Waals surface area contributed by atoms with Crippen molar-refractivity contribution in [1.82, 2.24) is 0 Å². The summed E-state index contributed by atoms with van der Waals surface area (Å²) in [6.07, 6.45) is 18.9. The molecule has 0 amide bonds. The average molecular weight is 413 g/mol. The summed E-state index contributed by atoms with van der Waals surface area (Å²) in [7, 11) is 0. The first-order chi connectivity index (χ1) is 15.3. The van der Waals surface area contributed by atoms with E-state index in [9.17, 15) is 0 Å². The molecule has 0 bridgehead atoms. The fourth-order valence-corrected chi connectivity index (χ4v) is 4.82. The molecule has 2 aromatic carbocycles. The predicted molar refractivity (Wildman–Crippen MR) is 136 cm³/mol. The maximum absolute atomic E-state index is 3.79. The van der Waals surface area contributed by atoms with Crippen LogP contribution in [0.4, 0.5) is 0 Å². The van der Waals surface area contributed by atoms with Gasteiger partial charge in [0.25, 0.3) is 0 Å². The molecule has 3 rings (SSSR count). The molecule has 1 saturated carbocycles. The van der Waals surface area contributed by atoms with Crippen molar-refractivity contribution < 1.29 is 0 Å². The van der Waals surface area contributed by atoms with E-state index in [1.54, 1.807) is 0 Å². The summed E-state index contributed by atoms with van der Waals surface area (Å²) in [6.45, 7) is 6.09. The second-order valence-corrected chi connectivity index (χ2v) is 9.40. The maximum atomic E-state index is 3.79. The third kappa shape index (κ3) is 8.41. The minimum Gasteiger partial charge on any atom is -0.0985 e. The standard InChI is InChI=1S/C31H40/c1-3-5-6-7-8-9-27-14-16-29(17-15-27)20-21-31-24-22-30(23-25-31)19-18-28-12-10-26(4-2)11-13-28/h4,10-13,22-25,27,29H,2-3,5-9,14-17,20-21H2,1H3.